The standard InChI is InChI=1S/C25H34N4O4/c1-2-4-23(32-15-21-14-30-11-12-31-21)22(3-1)19-6-9-28(10-7-19)20-5-8-25(13-20)16-29(17-25)24-27-26-18-33-24/h1-4,18-21H,5-17H2. The molecule has 1 spiro atoms. The predicted octanol–water partition coefficient (Wildman–Crippen LogP) is 3.10. The number of hydrogen-bond donors (Lipinski definition) is 0. The Bertz CT molecular complexity index is 903. The van der Waals surface area contributed by atoms with Crippen LogP contribution in [0.3, 0.4) is 0 Å². The highest BCUT2D eigenvalue weighted by Gasteiger charge is 2.50. The molecule has 0 amide bonds. The van der Waals surface area contributed by atoms with E-state index < -0.39 is 0 Å². The smallest absolute Gasteiger partial charge is 0.317 e. The number of ether oxygens (including phenoxy) is 3. The number of benzene rings is 1. The largest absolute Gasteiger partial charge is 0.490 e. The van der Waals surface area contributed by atoms with Gasteiger partial charge in [0.25, 0.3) is 0 Å². The molecule has 1 saturated carbocycles. The van der Waals surface area contributed by atoms with Crippen LogP contribution in [0.25, 0.3) is 0 Å². The molecule has 1 aliphatic carbocycles. The average molecular weight is 455 g/mol. The van der Waals surface area contributed by atoms with Gasteiger partial charge in [-0.05, 0) is 62.7 Å². The van der Waals surface area contributed by atoms with Crippen molar-refractivity contribution in [2.75, 3.05) is 57.5 Å². The monoisotopic (exact) mass is 454 g/mol. The summed E-state index contributed by atoms with van der Waals surface area (Å²) in [5.74, 6) is 1.58. The lowest BCUT2D eigenvalue weighted by molar-refractivity contribution is -0.101. The molecule has 178 valence electrons. The van der Waals surface area contributed by atoms with Crippen molar-refractivity contribution in [2.45, 2.75) is 50.2 Å². The van der Waals surface area contributed by atoms with E-state index in [-0.39, 0.29) is 6.10 Å². The molecule has 0 radical (unpaired) electrons. The van der Waals surface area contributed by atoms with Gasteiger partial charge in [0.05, 0.1) is 19.8 Å². The Morgan fingerprint density at radius 2 is 1.97 bits per heavy atom. The van der Waals surface area contributed by atoms with Crippen molar-refractivity contribution in [1.82, 2.24) is 15.1 Å². The first-order valence-corrected chi connectivity index (χ1v) is 12.4. The highest BCUT2D eigenvalue weighted by molar-refractivity contribution is 5.37. The summed E-state index contributed by atoms with van der Waals surface area (Å²) in [5, 5.41) is 7.88. The second-order valence-electron chi connectivity index (χ2n) is 10.2. The van der Waals surface area contributed by atoms with Crippen molar-refractivity contribution >= 4 is 6.01 Å². The van der Waals surface area contributed by atoms with Crippen molar-refractivity contribution in [3.8, 4) is 5.75 Å². The number of rotatable bonds is 6. The molecule has 33 heavy (non-hydrogen) atoms. The number of likely N-dealkylation sites (tertiary alicyclic amines) is 1. The molecule has 4 fully saturated rings. The maximum absolute atomic E-state index is 6.21. The van der Waals surface area contributed by atoms with Crippen LogP contribution in [0.2, 0.25) is 0 Å². The molecule has 1 aromatic heterocycles. The lowest BCUT2D eigenvalue weighted by Crippen LogP contribution is -2.56. The number of para-hydroxylation sites is 1. The van der Waals surface area contributed by atoms with Crippen LogP contribution in [0.4, 0.5) is 6.01 Å². The van der Waals surface area contributed by atoms with Crippen LogP contribution in [-0.2, 0) is 9.47 Å². The SMILES string of the molecule is c1ccc(C2CCN(C3CCC4(C3)CN(c3nnco3)C4)CC2)c(OCC2COCCO2)c1. The molecular weight excluding hydrogens is 420 g/mol. The van der Waals surface area contributed by atoms with Gasteiger partial charge < -0.3 is 28.4 Å². The van der Waals surface area contributed by atoms with E-state index in [1.165, 1.54) is 57.2 Å². The van der Waals surface area contributed by atoms with Crippen LogP contribution >= 0.6 is 0 Å². The van der Waals surface area contributed by atoms with Crippen LogP contribution in [0.1, 0.15) is 43.6 Å². The topological polar surface area (TPSA) is 73.1 Å². The van der Waals surface area contributed by atoms with Crippen LogP contribution < -0.4 is 9.64 Å². The maximum Gasteiger partial charge on any atom is 0.317 e. The number of hydrogen-bond acceptors (Lipinski definition) is 8. The second kappa shape index (κ2) is 9.24. The quantitative estimate of drug-likeness (QED) is 0.659. The molecule has 3 aliphatic heterocycles. The van der Waals surface area contributed by atoms with Crippen molar-refractivity contribution < 1.29 is 18.6 Å². The lowest BCUT2D eigenvalue weighted by atomic mass is 9.78. The van der Waals surface area contributed by atoms with Gasteiger partial charge in [-0.25, -0.2) is 0 Å². The van der Waals surface area contributed by atoms with Crippen LogP contribution in [0.5, 0.6) is 5.75 Å². The highest BCUT2D eigenvalue weighted by atomic mass is 16.6. The maximum atomic E-state index is 6.21. The summed E-state index contributed by atoms with van der Waals surface area (Å²) in [4.78, 5) is 4.97. The molecule has 2 aromatic rings. The first kappa shape index (κ1) is 21.4. The van der Waals surface area contributed by atoms with Crippen LogP contribution in [0, 0.1) is 5.41 Å². The molecule has 0 bridgehead atoms. The van der Waals surface area contributed by atoms with Gasteiger partial charge in [-0.3, -0.25) is 0 Å². The zero-order chi connectivity index (χ0) is 22.1. The van der Waals surface area contributed by atoms with Gasteiger partial charge in [0.1, 0.15) is 18.5 Å². The average Bonchev–Trinajstić information content (AvgIpc) is 3.53. The number of aromatic nitrogens is 2. The molecule has 4 aliphatic rings. The molecular formula is C25H34N4O4. The Hall–Kier alpha value is -2.16. The van der Waals surface area contributed by atoms with Gasteiger partial charge in [0.15, 0.2) is 0 Å². The highest BCUT2D eigenvalue weighted by Crippen LogP contribution is 2.48. The fourth-order valence-electron chi connectivity index (χ4n) is 6.32. The molecule has 2 unspecified atom stereocenters. The van der Waals surface area contributed by atoms with E-state index in [9.17, 15) is 0 Å². The van der Waals surface area contributed by atoms with Gasteiger partial charge >= 0.3 is 6.01 Å². The predicted molar refractivity (Wildman–Crippen MR) is 123 cm³/mol. The minimum Gasteiger partial charge on any atom is -0.490 e. The van der Waals surface area contributed by atoms with Gasteiger partial charge in [-0.2, -0.15) is 0 Å². The third-order valence-electron chi connectivity index (χ3n) is 8.06. The van der Waals surface area contributed by atoms with Crippen molar-refractivity contribution in [2.24, 2.45) is 5.41 Å². The lowest BCUT2D eigenvalue weighted by Gasteiger charge is -2.48. The van der Waals surface area contributed by atoms with Crippen LogP contribution in [0.15, 0.2) is 35.1 Å². The Morgan fingerprint density at radius 1 is 1.09 bits per heavy atom. The first-order chi connectivity index (χ1) is 16.3. The van der Waals surface area contributed by atoms with Crippen molar-refractivity contribution in [3.63, 3.8) is 0 Å². The third kappa shape index (κ3) is 4.48. The molecule has 8 nitrogen and oxygen atoms in total. The van der Waals surface area contributed by atoms with Crippen LogP contribution in [-0.4, -0.2) is 79.8 Å². The Morgan fingerprint density at radius 3 is 2.76 bits per heavy atom. The van der Waals surface area contributed by atoms with Gasteiger partial charge in [-0.1, -0.05) is 23.3 Å². The van der Waals surface area contributed by atoms with Crippen molar-refractivity contribution in [1.29, 1.82) is 0 Å². The van der Waals surface area contributed by atoms with Gasteiger partial charge in [-0.15, -0.1) is 5.10 Å². The van der Waals surface area contributed by atoms with E-state index in [4.69, 9.17) is 18.6 Å². The second-order valence-corrected chi connectivity index (χ2v) is 10.2. The fourth-order valence-corrected chi connectivity index (χ4v) is 6.32. The van der Waals surface area contributed by atoms with E-state index in [2.05, 4.69) is 44.3 Å². The minimum absolute atomic E-state index is 0.0330. The zero-order valence-electron chi connectivity index (χ0n) is 19.2. The minimum atomic E-state index is 0.0330. The van der Waals surface area contributed by atoms with Gasteiger partial charge in [0.2, 0.25) is 6.39 Å². The normalized spacial score (nSPS) is 28.2. The van der Waals surface area contributed by atoms with E-state index in [1.54, 1.807) is 0 Å². The van der Waals surface area contributed by atoms with Gasteiger partial charge in [0, 0.05) is 24.5 Å². The third-order valence-corrected chi connectivity index (χ3v) is 8.06. The van der Waals surface area contributed by atoms with E-state index >= 15 is 0 Å². The number of piperidine rings is 1. The summed E-state index contributed by atoms with van der Waals surface area (Å²) < 4.78 is 22.8. The first-order valence-electron chi connectivity index (χ1n) is 12.4. The molecule has 4 heterocycles. The summed E-state index contributed by atoms with van der Waals surface area (Å²) in [6.45, 7) is 6.98. The molecule has 0 N–H and O–H groups in total. The molecule has 1 aromatic carbocycles. The molecule has 6 rings (SSSR count). The molecule has 2 atom stereocenters. The fraction of sp³-hybridized carbons (Fsp3) is 0.680. The van der Waals surface area contributed by atoms with E-state index in [0.717, 1.165) is 18.8 Å². The zero-order valence-corrected chi connectivity index (χ0v) is 19.2. The Labute approximate surface area is 195 Å². The Balaban J connectivity index is 1.01. The summed E-state index contributed by atoms with van der Waals surface area (Å²) in [5.41, 5.74) is 1.80. The Kier molecular flexibility index (Phi) is 5.98. The molecule has 8 heteroatoms. The molecule has 3 saturated heterocycles. The number of anilines is 1. The van der Waals surface area contributed by atoms with E-state index in [1.807, 2.05) is 0 Å². The van der Waals surface area contributed by atoms with E-state index in [0.29, 0.717) is 49.8 Å². The summed E-state index contributed by atoms with van der Waals surface area (Å²) in [6.07, 6.45) is 7.76. The van der Waals surface area contributed by atoms with Crippen molar-refractivity contribution in [3.05, 3.63) is 36.2 Å². The number of nitrogens with zero attached hydrogens (tertiary/aromatic N) is 4. The summed E-state index contributed by atoms with van der Waals surface area (Å²) >= 11 is 0. The summed E-state index contributed by atoms with van der Waals surface area (Å²) in [6, 6.07) is 9.96. The summed E-state index contributed by atoms with van der Waals surface area (Å²) in [7, 11) is 0.